The highest BCUT2D eigenvalue weighted by molar-refractivity contribution is 7.89. The van der Waals surface area contributed by atoms with Crippen molar-refractivity contribution in [1.29, 1.82) is 0 Å². The number of hydrogen-bond acceptors (Lipinski definition) is 4. The molecular formula is C11H13FN2O5S. The zero-order valence-corrected chi connectivity index (χ0v) is 11.3. The third-order valence-electron chi connectivity index (χ3n) is 2.38. The van der Waals surface area contributed by atoms with Gasteiger partial charge in [-0.05, 0) is 24.6 Å². The summed E-state index contributed by atoms with van der Waals surface area (Å²) in [6.07, 6.45) is -0.734. The van der Waals surface area contributed by atoms with E-state index >= 15 is 0 Å². The van der Waals surface area contributed by atoms with E-state index in [-0.39, 0.29) is 0 Å². The second kappa shape index (κ2) is 5.97. The molecule has 0 aliphatic rings. The number of aliphatic carboxylic acids is 1. The number of carboxylic acids is 1. The van der Waals surface area contributed by atoms with Crippen LogP contribution in [0.25, 0.3) is 0 Å². The van der Waals surface area contributed by atoms with Crippen molar-refractivity contribution in [3.05, 3.63) is 29.6 Å². The molecule has 0 unspecified atom stereocenters. The van der Waals surface area contributed by atoms with Gasteiger partial charge in [0.05, 0.1) is 6.42 Å². The number of aryl methyl sites for hydroxylation is 1. The summed E-state index contributed by atoms with van der Waals surface area (Å²) in [6, 6.07) is 1.62. The van der Waals surface area contributed by atoms with Gasteiger partial charge in [-0.2, -0.15) is 4.72 Å². The van der Waals surface area contributed by atoms with Crippen molar-refractivity contribution in [3.63, 3.8) is 0 Å². The van der Waals surface area contributed by atoms with Gasteiger partial charge in [0, 0.05) is 0 Å². The summed E-state index contributed by atoms with van der Waals surface area (Å²) in [5.41, 5.74) is 5.31. The van der Waals surface area contributed by atoms with Gasteiger partial charge in [0.15, 0.2) is 0 Å². The van der Waals surface area contributed by atoms with E-state index in [1.54, 1.807) is 11.6 Å². The van der Waals surface area contributed by atoms with E-state index in [1.165, 1.54) is 6.07 Å². The largest absolute Gasteiger partial charge is 0.480 e. The van der Waals surface area contributed by atoms with Crippen molar-refractivity contribution in [2.75, 3.05) is 0 Å². The summed E-state index contributed by atoms with van der Waals surface area (Å²) in [6.45, 7) is 1.55. The molecule has 20 heavy (non-hydrogen) atoms. The highest BCUT2D eigenvalue weighted by atomic mass is 32.2. The van der Waals surface area contributed by atoms with Crippen LogP contribution in [0.4, 0.5) is 4.39 Å². The molecule has 0 fully saturated rings. The third-order valence-corrected chi connectivity index (χ3v) is 3.86. The molecule has 0 heterocycles. The first-order valence-electron chi connectivity index (χ1n) is 5.43. The maximum absolute atomic E-state index is 13.5. The Hall–Kier alpha value is -2.00. The molecule has 0 aromatic heterocycles. The van der Waals surface area contributed by atoms with Crippen molar-refractivity contribution < 1.29 is 27.5 Å². The van der Waals surface area contributed by atoms with Gasteiger partial charge in [0.2, 0.25) is 15.9 Å². The maximum Gasteiger partial charge on any atom is 0.322 e. The fraction of sp³-hybridized carbons (Fsp3) is 0.273. The Morgan fingerprint density at radius 1 is 1.45 bits per heavy atom. The summed E-state index contributed by atoms with van der Waals surface area (Å²) < 4.78 is 39.1. The molecule has 0 bridgehead atoms. The molecule has 1 aromatic carbocycles. The molecule has 0 radical (unpaired) electrons. The molecule has 0 aliphatic heterocycles. The average molecular weight is 304 g/mol. The Balaban J connectivity index is 3.12. The molecule has 1 atom stereocenters. The number of carbonyl (C=O) groups excluding carboxylic acids is 1. The number of nitrogens with two attached hydrogens (primary N) is 1. The van der Waals surface area contributed by atoms with Crippen LogP contribution in [0, 0.1) is 12.7 Å². The molecular weight excluding hydrogens is 291 g/mol. The zero-order chi connectivity index (χ0) is 15.5. The first-order chi connectivity index (χ1) is 9.13. The van der Waals surface area contributed by atoms with Crippen molar-refractivity contribution in [1.82, 2.24) is 4.72 Å². The van der Waals surface area contributed by atoms with E-state index in [9.17, 15) is 22.4 Å². The first-order valence-corrected chi connectivity index (χ1v) is 6.91. The maximum atomic E-state index is 13.5. The van der Waals surface area contributed by atoms with Crippen molar-refractivity contribution >= 4 is 21.9 Å². The Labute approximate surface area is 114 Å². The van der Waals surface area contributed by atoms with Crippen LogP contribution < -0.4 is 10.5 Å². The van der Waals surface area contributed by atoms with Crippen LogP contribution in [0.1, 0.15) is 12.0 Å². The Bertz CT molecular complexity index is 644. The predicted octanol–water partition coefficient (Wildman–Crippen LogP) is -0.259. The van der Waals surface area contributed by atoms with Gasteiger partial charge in [-0.1, -0.05) is 6.07 Å². The molecule has 0 spiro atoms. The summed E-state index contributed by atoms with van der Waals surface area (Å²) in [7, 11) is -4.42. The molecule has 0 saturated heterocycles. The first kappa shape index (κ1) is 16.1. The molecule has 1 amide bonds. The lowest BCUT2D eigenvalue weighted by molar-refractivity contribution is -0.140. The number of sulfonamides is 1. The number of hydrogen-bond donors (Lipinski definition) is 3. The van der Waals surface area contributed by atoms with Gasteiger partial charge in [-0.3, -0.25) is 9.59 Å². The number of primary amides is 1. The average Bonchev–Trinajstić information content (AvgIpc) is 2.30. The van der Waals surface area contributed by atoms with Crippen LogP contribution in [-0.2, 0) is 19.6 Å². The smallest absolute Gasteiger partial charge is 0.322 e. The van der Waals surface area contributed by atoms with E-state index in [2.05, 4.69) is 0 Å². The third kappa shape index (κ3) is 4.00. The summed E-state index contributed by atoms with van der Waals surface area (Å²) >= 11 is 0. The Morgan fingerprint density at radius 3 is 2.55 bits per heavy atom. The Kier molecular flexibility index (Phi) is 4.79. The van der Waals surface area contributed by atoms with Crippen LogP contribution in [-0.4, -0.2) is 31.4 Å². The zero-order valence-electron chi connectivity index (χ0n) is 10.5. The molecule has 1 aromatic rings. The van der Waals surface area contributed by atoms with Gasteiger partial charge in [-0.15, -0.1) is 0 Å². The van der Waals surface area contributed by atoms with Crippen LogP contribution in [0.3, 0.4) is 0 Å². The van der Waals surface area contributed by atoms with Crippen molar-refractivity contribution in [3.8, 4) is 0 Å². The van der Waals surface area contributed by atoms with E-state index in [0.717, 1.165) is 12.1 Å². The summed E-state index contributed by atoms with van der Waals surface area (Å²) in [5.74, 6) is -3.60. The van der Waals surface area contributed by atoms with Crippen LogP contribution in [0.15, 0.2) is 23.1 Å². The molecule has 4 N–H and O–H groups in total. The SMILES string of the molecule is Cc1ccc(F)c(S(=O)(=O)N[C@@H](CC(N)=O)C(=O)O)c1. The van der Waals surface area contributed by atoms with E-state index in [0.29, 0.717) is 5.56 Å². The highest BCUT2D eigenvalue weighted by Gasteiger charge is 2.28. The van der Waals surface area contributed by atoms with Gasteiger partial charge < -0.3 is 10.8 Å². The monoisotopic (exact) mass is 304 g/mol. The van der Waals surface area contributed by atoms with Crippen LogP contribution in [0.5, 0.6) is 0 Å². The lowest BCUT2D eigenvalue weighted by Crippen LogP contribution is -2.43. The number of halogens is 1. The van der Waals surface area contributed by atoms with Gasteiger partial charge >= 0.3 is 5.97 Å². The van der Waals surface area contributed by atoms with E-state index in [1.807, 2.05) is 0 Å². The molecule has 0 aliphatic carbocycles. The summed E-state index contributed by atoms with van der Waals surface area (Å²) in [5, 5.41) is 8.83. The topological polar surface area (TPSA) is 127 Å². The van der Waals surface area contributed by atoms with Crippen LogP contribution in [0.2, 0.25) is 0 Å². The number of amides is 1. The van der Waals surface area contributed by atoms with Crippen LogP contribution >= 0.6 is 0 Å². The molecule has 110 valence electrons. The number of rotatable bonds is 6. The molecule has 9 heteroatoms. The van der Waals surface area contributed by atoms with Gasteiger partial charge in [0.25, 0.3) is 0 Å². The van der Waals surface area contributed by atoms with E-state index in [4.69, 9.17) is 10.8 Å². The molecule has 0 saturated carbocycles. The minimum atomic E-state index is -4.42. The van der Waals surface area contributed by atoms with Crippen molar-refractivity contribution in [2.24, 2.45) is 5.73 Å². The molecule has 1 rings (SSSR count). The van der Waals surface area contributed by atoms with Gasteiger partial charge in [-0.25, -0.2) is 12.8 Å². The second-order valence-electron chi connectivity index (χ2n) is 4.12. The normalized spacial score (nSPS) is 12.9. The predicted molar refractivity (Wildman–Crippen MR) is 66.7 cm³/mol. The quantitative estimate of drug-likeness (QED) is 0.667. The van der Waals surface area contributed by atoms with E-state index < -0.39 is 45.1 Å². The number of benzene rings is 1. The standard InChI is InChI=1S/C11H13FN2O5S/c1-6-2-3-7(12)9(4-6)20(18,19)14-8(11(16)17)5-10(13)15/h2-4,8,14H,5H2,1H3,(H2,13,15)(H,16,17)/t8-/m0/s1. The molecule has 7 nitrogen and oxygen atoms in total. The minimum absolute atomic E-state index is 0.480. The second-order valence-corrected chi connectivity index (χ2v) is 5.80. The van der Waals surface area contributed by atoms with Gasteiger partial charge in [0.1, 0.15) is 16.8 Å². The number of nitrogens with one attached hydrogen (secondary N) is 1. The number of carbonyl (C=O) groups is 2. The highest BCUT2D eigenvalue weighted by Crippen LogP contribution is 2.16. The Morgan fingerprint density at radius 2 is 2.05 bits per heavy atom. The fourth-order valence-corrected chi connectivity index (χ4v) is 2.80. The minimum Gasteiger partial charge on any atom is -0.480 e. The lowest BCUT2D eigenvalue weighted by atomic mass is 10.2. The fourth-order valence-electron chi connectivity index (χ4n) is 1.45. The van der Waals surface area contributed by atoms with Crippen molar-refractivity contribution in [2.45, 2.75) is 24.3 Å². The summed E-state index contributed by atoms with van der Waals surface area (Å²) in [4.78, 5) is 20.9. The lowest BCUT2D eigenvalue weighted by Gasteiger charge is -2.14. The number of carboxylic acid groups (broad SMARTS) is 1.